The first-order valence-corrected chi connectivity index (χ1v) is 10.8. The van der Waals surface area contributed by atoms with Crippen LogP contribution in [-0.4, -0.2) is 6.61 Å². The van der Waals surface area contributed by atoms with E-state index in [1.165, 1.54) is 6.07 Å². The Morgan fingerprint density at radius 1 is 0.903 bits per heavy atom. The van der Waals surface area contributed by atoms with E-state index in [0.717, 1.165) is 48.3 Å². The molecule has 3 aromatic rings. The van der Waals surface area contributed by atoms with Gasteiger partial charge in [0.2, 0.25) is 0 Å². The minimum absolute atomic E-state index is 0.152. The summed E-state index contributed by atoms with van der Waals surface area (Å²) in [5.41, 5.74) is 1.55. The van der Waals surface area contributed by atoms with Crippen molar-refractivity contribution in [2.75, 3.05) is 0 Å². The zero-order valence-electron chi connectivity index (χ0n) is 17.8. The predicted molar refractivity (Wildman–Crippen MR) is 122 cm³/mol. The third kappa shape index (κ3) is 6.44. The van der Waals surface area contributed by atoms with E-state index in [1.54, 1.807) is 6.07 Å². The zero-order chi connectivity index (χ0) is 22.3. The SMILES string of the molecule is CCCC(C)(CCc1cccc(Oc2ccccc2)c1)c1ccc(Cl)cc1OC(F)F. The highest BCUT2D eigenvalue weighted by atomic mass is 35.5. The number of para-hydroxylation sites is 1. The molecule has 0 fully saturated rings. The molecule has 0 N–H and O–H groups in total. The summed E-state index contributed by atoms with van der Waals surface area (Å²) >= 11 is 6.05. The molecule has 1 unspecified atom stereocenters. The number of alkyl halides is 2. The maximum Gasteiger partial charge on any atom is 0.387 e. The van der Waals surface area contributed by atoms with Crippen molar-refractivity contribution in [1.29, 1.82) is 0 Å². The summed E-state index contributed by atoms with van der Waals surface area (Å²) in [5, 5.41) is 0.379. The van der Waals surface area contributed by atoms with Crippen LogP contribution >= 0.6 is 11.6 Å². The molecule has 5 heteroatoms. The van der Waals surface area contributed by atoms with Crippen LogP contribution in [0.2, 0.25) is 5.02 Å². The van der Waals surface area contributed by atoms with Gasteiger partial charge in [0.15, 0.2) is 0 Å². The predicted octanol–water partition coefficient (Wildman–Crippen LogP) is 8.42. The van der Waals surface area contributed by atoms with Crippen molar-refractivity contribution in [1.82, 2.24) is 0 Å². The van der Waals surface area contributed by atoms with Gasteiger partial charge in [-0.05, 0) is 66.6 Å². The minimum Gasteiger partial charge on any atom is -0.457 e. The molecule has 31 heavy (non-hydrogen) atoms. The normalized spacial score (nSPS) is 13.1. The smallest absolute Gasteiger partial charge is 0.387 e. The fourth-order valence-electron chi connectivity index (χ4n) is 3.94. The standard InChI is InChI=1S/C26H27ClF2O2/c1-3-15-26(2,23-13-12-20(27)18-24(23)31-25(28)29)16-14-19-8-7-11-22(17-19)30-21-9-5-4-6-10-21/h4-13,17-18,25H,3,14-16H2,1-2H3. The topological polar surface area (TPSA) is 18.5 Å². The van der Waals surface area contributed by atoms with E-state index in [1.807, 2.05) is 54.6 Å². The fourth-order valence-corrected chi connectivity index (χ4v) is 4.11. The van der Waals surface area contributed by atoms with E-state index < -0.39 is 6.61 Å². The molecule has 0 bridgehead atoms. The highest BCUT2D eigenvalue weighted by Crippen LogP contribution is 2.41. The molecule has 0 radical (unpaired) electrons. The number of hydrogen-bond donors (Lipinski definition) is 0. The fraction of sp³-hybridized carbons (Fsp3) is 0.308. The highest BCUT2D eigenvalue weighted by Gasteiger charge is 2.30. The molecule has 3 rings (SSSR count). The Balaban J connectivity index is 1.80. The first-order chi connectivity index (χ1) is 14.9. The van der Waals surface area contributed by atoms with Gasteiger partial charge in [0, 0.05) is 10.6 Å². The second kappa shape index (κ2) is 10.6. The third-order valence-electron chi connectivity index (χ3n) is 5.45. The molecule has 0 spiro atoms. The quantitative estimate of drug-likeness (QED) is 0.312. The summed E-state index contributed by atoms with van der Waals surface area (Å²) in [7, 11) is 0. The molecule has 0 aliphatic heterocycles. The van der Waals surface area contributed by atoms with Gasteiger partial charge in [-0.2, -0.15) is 8.78 Å². The number of hydrogen-bond acceptors (Lipinski definition) is 2. The molecule has 0 aliphatic carbocycles. The van der Waals surface area contributed by atoms with Gasteiger partial charge in [-0.3, -0.25) is 0 Å². The van der Waals surface area contributed by atoms with Gasteiger partial charge in [0.1, 0.15) is 17.2 Å². The first kappa shape index (κ1) is 23.1. The maximum atomic E-state index is 13.0. The number of ether oxygens (including phenoxy) is 2. The molecule has 0 saturated heterocycles. The van der Waals surface area contributed by atoms with E-state index >= 15 is 0 Å². The van der Waals surface area contributed by atoms with Crippen LogP contribution in [0.5, 0.6) is 17.2 Å². The van der Waals surface area contributed by atoms with Crippen LogP contribution in [0.15, 0.2) is 72.8 Å². The lowest BCUT2D eigenvalue weighted by molar-refractivity contribution is -0.0510. The summed E-state index contributed by atoms with van der Waals surface area (Å²) in [4.78, 5) is 0. The van der Waals surface area contributed by atoms with Gasteiger partial charge in [-0.25, -0.2) is 0 Å². The summed E-state index contributed by atoms with van der Waals surface area (Å²) in [6, 6.07) is 22.6. The van der Waals surface area contributed by atoms with E-state index in [2.05, 4.69) is 19.9 Å². The van der Waals surface area contributed by atoms with Crippen molar-refractivity contribution in [2.24, 2.45) is 0 Å². The monoisotopic (exact) mass is 444 g/mol. The van der Waals surface area contributed by atoms with Crippen LogP contribution in [0.25, 0.3) is 0 Å². The maximum absolute atomic E-state index is 13.0. The van der Waals surface area contributed by atoms with Crippen LogP contribution < -0.4 is 9.47 Å². The van der Waals surface area contributed by atoms with E-state index in [4.69, 9.17) is 21.1 Å². The average molecular weight is 445 g/mol. The Labute approximate surface area is 187 Å². The largest absolute Gasteiger partial charge is 0.457 e. The molecule has 0 amide bonds. The van der Waals surface area contributed by atoms with Gasteiger partial charge < -0.3 is 9.47 Å². The molecule has 164 valence electrons. The van der Waals surface area contributed by atoms with E-state index in [-0.39, 0.29) is 11.2 Å². The second-order valence-electron chi connectivity index (χ2n) is 7.89. The van der Waals surface area contributed by atoms with Crippen molar-refractivity contribution in [3.8, 4) is 17.2 Å². The Kier molecular flexibility index (Phi) is 7.91. The number of benzene rings is 3. The summed E-state index contributed by atoms with van der Waals surface area (Å²) in [6.45, 7) is 1.30. The molecule has 1 atom stereocenters. The van der Waals surface area contributed by atoms with Gasteiger partial charge >= 0.3 is 6.61 Å². The number of halogens is 3. The summed E-state index contributed by atoms with van der Waals surface area (Å²) in [5.74, 6) is 1.71. The van der Waals surface area contributed by atoms with Gasteiger partial charge in [0.25, 0.3) is 0 Å². The number of rotatable bonds is 10. The molecule has 3 aromatic carbocycles. The van der Waals surface area contributed by atoms with Gasteiger partial charge in [-0.15, -0.1) is 0 Å². The van der Waals surface area contributed by atoms with E-state index in [9.17, 15) is 8.78 Å². The Morgan fingerprint density at radius 3 is 2.35 bits per heavy atom. The van der Waals surface area contributed by atoms with Crippen LogP contribution in [-0.2, 0) is 11.8 Å². The van der Waals surface area contributed by atoms with Crippen molar-refractivity contribution >= 4 is 11.6 Å². The van der Waals surface area contributed by atoms with Crippen molar-refractivity contribution in [3.63, 3.8) is 0 Å². The molecular formula is C26H27ClF2O2. The van der Waals surface area contributed by atoms with Crippen LogP contribution in [0, 0.1) is 0 Å². The van der Waals surface area contributed by atoms with Crippen molar-refractivity contribution in [2.45, 2.75) is 51.6 Å². The van der Waals surface area contributed by atoms with Crippen LogP contribution in [0.4, 0.5) is 8.78 Å². The minimum atomic E-state index is -2.89. The molecule has 2 nitrogen and oxygen atoms in total. The molecular weight excluding hydrogens is 418 g/mol. The highest BCUT2D eigenvalue weighted by molar-refractivity contribution is 6.30. The molecule has 0 heterocycles. The Hall–Kier alpha value is -2.59. The Morgan fingerprint density at radius 2 is 1.65 bits per heavy atom. The second-order valence-corrected chi connectivity index (χ2v) is 8.33. The lowest BCUT2D eigenvalue weighted by Gasteiger charge is -2.32. The third-order valence-corrected chi connectivity index (χ3v) is 5.69. The summed E-state index contributed by atoms with van der Waals surface area (Å²) in [6.07, 6.45) is 3.31. The van der Waals surface area contributed by atoms with Crippen LogP contribution in [0.3, 0.4) is 0 Å². The van der Waals surface area contributed by atoms with Crippen molar-refractivity contribution < 1.29 is 18.3 Å². The van der Waals surface area contributed by atoms with Crippen LogP contribution in [0.1, 0.15) is 44.2 Å². The summed E-state index contributed by atoms with van der Waals surface area (Å²) < 4.78 is 36.8. The van der Waals surface area contributed by atoms with E-state index in [0.29, 0.717) is 5.02 Å². The lowest BCUT2D eigenvalue weighted by Crippen LogP contribution is -2.24. The Bertz CT molecular complexity index is 978. The molecule has 0 saturated carbocycles. The molecule has 0 aliphatic rings. The van der Waals surface area contributed by atoms with Gasteiger partial charge in [0.05, 0.1) is 0 Å². The zero-order valence-corrected chi connectivity index (χ0v) is 18.5. The molecule has 0 aromatic heterocycles. The average Bonchev–Trinajstić information content (AvgIpc) is 2.73. The van der Waals surface area contributed by atoms with Gasteiger partial charge in [-0.1, -0.05) is 68.3 Å². The lowest BCUT2D eigenvalue weighted by atomic mass is 9.74. The first-order valence-electron chi connectivity index (χ1n) is 10.5. The number of aryl methyl sites for hydroxylation is 1. The van der Waals surface area contributed by atoms with Crippen molar-refractivity contribution in [3.05, 3.63) is 88.9 Å².